The van der Waals surface area contributed by atoms with Crippen molar-refractivity contribution in [3.05, 3.63) is 65.0 Å². The van der Waals surface area contributed by atoms with E-state index in [4.69, 9.17) is 0 Å². The van der Waals surface area contributed by atoms with E-state index in [2.05, 4.69) is 0 Å². The van der Waals surface area contributed by atoms with Crippen molar-refractivity contribution in [3.63, 3.8) is 0 Å². The molecule has 2 aromatic rings. The molecule has 0 amide bonds. The zero-order valence-corrected chi connectivity index (χ0v) is 19.2. The quantitative estimate of drug-likeness (QED) is 0.628. The van der Waals surface area contributed by atoms with Crippen LogP contribution in [0.5, 0.6) is 0 Å². The van der Waals surface area contributed by atoms with Crippen LogP contribution in [0.15, 0.2) is 42.5 Å². The predicted molar refractivity (Wildman–Crippen MR) is 117 cm³/mol. The highest BCUT2D eigenvalue weighted by Crippen LogP contribution is 2.46. The van der Waals surface area contributed by atoms with Gasteiger partial charge in [0.2, 0.25) is 14.8 Å². The predicted octanol–water partition coefficient (Wildman–Crippen LogP) is 4.00. The van der Waals surface area contributed by atoms with Gasteiger partial charge in [-0.05, 0) is 48.6 Å². The van der Waals surface area contributed by atoms with Crippen LogP contribution in [0.3, 0.4) is 0 Å². The lowest BCUT2D eigenvalue weighted by Crippen LogP contribution is -2.60. The molecular weight excluding hydrogens is 476 g/mol. The number of aliphatic carboxylic acids is 1. The summed E-state index contributed by atoms with van der Waals surface area (Å²) in [6.45, 7) is 1.86. The second kappa shape index (κ2) is 8.53. The number of nitrogens with zero attached hydrogens (tertiary/aromatic N) is 2. The van der Waals surface area contributed by atoms with Crippen LogP contribution < -0.4 is 4.90 Å². The van der Waals surface area contributed by atoms with Crippen molar-refractivity contribution in [2.45, 2.75) is 43.2 Å². The van der Waals surface area contributed by atoms with Crippen molar-refractivity contribution in [2.75, 3.05) is 24.5 Å². The second-order valence-corrected chi connectivity index (χ2v) is 10.7. The van der Waals surface area contributed by atoms with Crippen molar-refractivity contribution in [1.82, 2.24) is 4.31 Å². The molecule has 0 bridgehead atoms. The fourth-order valence-corrected chi connectivity index (χ4v) is 7.42. The molecule has 1 N–H and O–H groups in total. The van der Waals surface area contributed by atoms with E-state index in [-0.39, 0.29) is 37.3 Å². The van der Waals surface area contributed by atoms with Crippen LogP contribution in [0.25, 0.3) is 0 Å². The third-order valence-corrected chi connectivity index (χ3v) is 9.39. The van der Waals surface area contributed by atoms with Crippen LogP contribution in [0.1, 0.15) is 36.5 Å². The first kappa shape index (κ1) is 24.5. The van der Waals surface area contributed by atoms with E-state index >= 15 is 0 Å². The number of benzene rings is 2. The maximum Gasteiger partial charge on any atom is 0.419 e. The van der Waals surface area contributed by atoms with Crippen LogP contribution in [0.4, 0.5) is 23.2 Å². The summed E-state index contributed by atoms with van der Waals surface area (Å²) in [7, 11) is -4.35. The van der Waals surface area contributed by atoms with E-state index < -0.39 is 44.3 Å². The molecule has 0 aromatic heterocycles. The summed E-state index contributed by atoms with van der Waals surface area (Å²) in [6.07, 6.45) is -4.23. The fraction of sp³-hybridized carbons (Fsp3) is 0.435. The molecule has 184 valence electrons. The molecule has 0 radical (unpaired) electrons. The van der Waals surface area contributed by atoms with Gasteiger partial charge in [-0.2, -0.15) is 17.5 Å². The molecule has 1 saturated heterocycles. The molecule has 1 aliphatic heterocycles. The summed E-state index contributed by atoms with van der Waals surface area (Å²) >= 11 is 0. The van der Waals surface area contributed by atoms with Gasteiger partial charge >= 0.3 is 12.1 Å². The Labute approximate surface area is 194 Å². The Morgan fingerprint density at radius 2 is 1.88 bits per heavy atom. The first-order chi connectivity index (χ1) is 15.9. The maximum absolute atomic E-state index is 14.1. The standard InChI is InChI=1S/C23H24F4N2O4S/c1-2-16-14-28(17-7-8-19(20(24)13-17)23(25,26)27)11-12-29(16)34(32,33)22(21(30)31)10-9-15-5-3-4-6-18(15)22/h3-8,13,16H,2,9-12,14H2,1H3,(H,30,31). The van der Waals surface area contributed by atoms with Crippen molar-refractivity contribution in [1.29, 1.82) is 0 Å². The number of carbonyl (C=O) groups is 1. The number of hydrogen-bond donors (Lipinski definition) is 1. The number of alkyl halides is 3. The van der Waals surface area contributed by atoms with Gasteiger partial charge < -0.3 is 10.0 Å². The highest BCUT2D eigenvalue weighted by atomic mass is 32.2. The van der Waals surface area contributed by atoms with Crippen LogP contribution in [-0.4, -0.2) is 49.5 Å². The number of anilines is 1. The molecule has 2 unspecified atom stereocenters. The van der Waals surface area contributed by atoms with Gasteiger partial charge in [0, 0.05) is 31.4 Å². The molecule has 1 aliphatic carbocycles. The molecule has 2 aliphatic rings. The average Bonchev–Trinajstić information content (AvgIpc) is 3.19. The molecule has 0 spiro atoms. The largest absolute Gasteiger partial charge is 0.480 e. The lowest BCUT2D eigenvalue weighted by molar-refractivity contribution is -0.141. The topological polar surface area (TPSA) is 77.9 Å². The van der Waals surface area contributed by atoms with Gasteiger partial charge in [-0.1, -0.05) is 31.2 Å². The summed E-state index contributed by atoms with van der Waals surface area (Å²) in [5.74, 6) is -2.83. The van der Waals surface area contributed by atoms with E-state index in [1.165, 1.54) is 10.4 Å². The first-order valence-corrected chi connectivity index (χ1v) is 12.3. The Bertz CT molecular complexity index is 1220. The Kier molecular flexibility index (Phi) is 6.14. The summed E-state index contributed by atoms with van der Waals surface area (Å²) < 4.78 is 79.7. The number of sulfonamides is 1. The monoisotopic (exact) mass is 500 g/mol. The van der Waals surface area contributed by atoms with Gasteiger partial charge in [0.15, 0.2) is 0 Å². The average molecular weight is 501 g/mol. The van der Waals surface area contributed by atoms with E-state index in [1.807, 2.05) is 0 Å². The van der Waals surface area contributed by atoms with Gasteiger partial charge in [0.1, 0.15) is 5.82 Å². The van der Waals surface area contributed by atoms with Gasteiger partial charge in [-0.3, -0.25) is 4.79 Å². The van der Waals surface area contributed by atoms with Gasteiger partial charge in [0.25, 0.3) is 0 Å². The number of carboxylic acids is 1. The third kappa shape index (κ3) is 3.74. The van der Waals surface area contributed by atoms with Crippen LogP contribution in [0, 0.1) is 5.82 Å². The number of fused-ring (bicyclic) bond motifs is 1. The number of halogens is 4. The third-order valence-electron chi connectivity index (χ3n) is 6.82. The Morgan fingerprint density at radius 1 is 1.18 bits per heavy atom. The van der Waals surface area contributed by atoms with Crippen molar-refractivity contribution < 1.29 is 35.9 Å². The van der Waals surface area contributed by atoms with Crippen molar-refractivity contribution in [3.8, 4) is 0 Å². The minimum Gasteiger partial charge on any atom is -0.480 e. The number of rotatable bonds is 5. The molecule has 1 fully saturated rings. The summed E-state index contributed by atoms with van der Waals surface area (Å²) in [6, 6.07) is 8.61. The molecule has 2 atom stereocenters. The Morgan fingerprint density at radius 3 is 2.50 bits per heavy atom. The van der Waals surface area contributed by atoms with Gasteiger partial charge in [-0.25, -0.2) is 12.8 Å². The maximum atomic E-state index is 14.1. The zero-order valence-electron chi connectivity index (χ0n) is 18.3. The molecular formula is C23H24F4N2O4S. The minimum atomic E-state index is -4.82. The molecule has 34 heavy (non-hydrogen) atoms. The normalized spacial score (nSPS) is 23.7. The van der Waals surface area contributed by atoms with Crippen molar-refractivity contribution >= 4 is 21.7 Å². The SMILES string of the molecule is CCC1CN(c2ccc(C(F)(F)F)c(F)c2)CCN1S(=O)(=O)C1(C(=O)O)CCc2ccccc21. The summed E-state index contributed by atoms with van der Waals surface area (Å²) in [5, 5.41) is 10.1. The van der Waals surface area contributed by atoms with Crippen LogP contribution in [-0.2, 0) is 32.2 Å². The molecule has 11 heteroatoms. The van der Waals surface area contributed by atoms with Crippen molar-refractivity contribution in [2.24, 2.45) is 0 Å². The van der Waals surface area contributed by atoms with E-state index in [0.29, 0.717) is 24.5 Å². The Hall–Kier alpha value is -2.66. The number of carboxylic acid groups (broad SMARTS) is 1. The smallest absolute Gasteiger partial charge is 0.419 e. The summed E-state index contributed by atoms with van der Waals surface area (Å²) in [5.41, 5.74) is -0.210. The number of piperazine rings is 1. The number of hydrogen-bond acceptors (Lipinski definition) is 4. The fourth-order valence-electron chi connectivity index (χ4n) is 5.03. The van der Waals surface area contributed by atoms with Gasteiger partial charge in [-0.15, -0.1) is 0 Å². The summed E-state index contributed by atoms with van der Waals surface area (Å²) in [4.78, 5) is 14.1. The zero-order chi connectivity index (χ0) is 24.9. The van der Waals surface area contributed by atoms with E-state index in [9.17, 15) is 35.9 Å². The second-order valence-electron chi connectivity index (χ2n) is 8.58. The van der Waals surface area contributed by atoms with Crippen LogP contribution in [0.2, 0.25) is 0 Å². The van der Waals surface area contributed by atoms with E-state index in [1.54, 1.807) is 30.0 Å². The molecule has 1 heterocycles. The van der Waals surface area contributed by atoms with Gasteiger partial charge in [0.05, 0.1) is 5.56 Å². The van der Waals surface area contributed by atoms with E-state index in [0.717, 1.165) is 12.1 Å². The van der Waals surface area contributed by atoms with Crippen LogP contribution >= 0.6 is 0 Å². The molecule has 2 aromatic carbocycles. The lowest BCUT2D eigenvalue weighted by atomic mass is 10.0. The minimum absolute atomic E-state index is 0.0688. The Balaban J connectivity index is 1.65. The lowest BCUT2D eigenvalue weighted by Gasteiger charge is -2.44. The highest BCUT2D eigenvalue weighted by molar-refractivity contribution is 7.90. The highest BCUT2D eigenvalue weighted by Gasteiger charge is 2.59. The first-order valence-electron chi connectivity index (χ1n) is 10.9. The number of aryl methyl sites for hydroxylation is 1. The molecule has 4 rings (SSSR count). The molecule has 6 nitrogen and oxygen atoms in total. The molecule has 0 saturated carbocycles.